The predicted molar refractivity (Wildman–Crippen MR) is 138 cm³/mol. The van der Waals surface area contributed by atoms with Gasteiger partial charge in [-0.25, -0.2) is 4.90 Å². The van der Waals surface area contributed by atoms with Gasteiger partial charge >= 0.3 is 0 Å². The van der Waals surface area contributed by atoms with E-state index in [9.17, 15) is 24.5 Å². The molecule has 3 heterocycles. The topological polar surface area (TPSA) is 113 Å². The normalized spacial score (nSPS) is 23.5. The molecule has 0 radical (unpaired) electrons. The van der Waals surface area contributed by atoms with Crippen LogP contribution in [0.5, 0.6) is 0 Å². The SMILES string of the molecule is O=C(Nc1ccc([N+](=O)[O-])cc1)[C@@H]1[C@H]2C(=O)N(c3ccc(Cl)cc3)C(=O)[C@@H]2[C@@H]2C=Cc3ccccc3N12. The van der Waals surface area contributed by atoms with E-state index in [0.717, 1.165) is 16.2 Å². The van der Waals surface area contributed by atoms with Crippen molar-refractivity contribution < 1.29 is 19.3 Å². The molecule has 3 aromatic carbocycles. The molecule has 0 unspecified atom stereocenters. The van der Waals surface area contributed by atoms with Crippen LogP contribution in [0.25, 0.3) is 6.08 Å². The molecule has 37 heavy (non-hydrogen) atoms. The summed E-state index contributed by atoms with van der Waals surface area (Å²) in [6, 6.07) is 17.9. The number of hydrogen-bond acceptors (Lipinski definition) is 6. The molecule has 0 saturated carbocycles. The minimum absolute atomic E-state index is 0.107. The number of anilines is 3. The standard InChI is InChI=1S/C27H19ClN4O5/c28-16-6-10-18(11-7-16)30-26(34)22-21-14-5-15-3-1-2-4-20(15)31(21)24(23(22)27(30)35)25(33)29-17-8-12-19(13-9-17)32(36)37/h1-14,21-24H,(H,29,33)/t21-,22+,23-,24-/m0/s1. The van der Waals surface area contributed by atoms with E-state index in [1.807, 2.05) is 41.3 Å². The van der Waals surface area contributed by atoms with Crippen molar-refractivity contribution in [3.63, 3.8) is 0 Å². The Morgan fingerprint density at radius 1 is 0.919 bits per heavy atom. The average Bonchev–Trinajstić information content (AvgIpc) is 3.38. The van der Waals surface area contributed by atoms with Gasteiger partial charge in [-0.05, 0) is 48.0 Å². The first-order chi connectivity index (χ1) is 17.8. The minimum atomic E-state index is -0.981. The fourth-order valence-corrected chi connectivity index (χ4v) is 5.67. The largest absolute Gasteiger partial charge is 0.351 e. The monoisotopic (exact) mass is 514 g/mol. The molecular weight excluding hydrogens is 496 g/mol. The van der Waals surface area contributed by atoms with Crippen molar-refractivity contribution in [2.24, 2.45) is 11.8 Å². The number of imide groups is 1. The lowest BCUT2D eigenvalue weighted by molar-refractivity contribution is -0.384. The van der Waals surface area contributed by atoms with Crippen molar-refractivity contribution >= 4 is 58.1 Å². The lowest BCUT2D eigenvalue weighted by Crippen LogP contribution is -2.50. The van der Waals surface area contributed by atoms with E-state index in [0.29, 0.717) is 16.4 Å². The molecule has 6 rings (SSSR count). The summed E-state index contributed by atoms with van der Waals surface area (Å²) in [6.45, 7) is 0. The number of nitro groups is 1. The van der Waals surface area contributed by atoms with Gasteiger partial charge in [0.15, 0.2) is 0 Å². The van der Waals surface area contributed by atoms with Gasteiger partial charge in [0.1, 0.15) is 6.04 Å². The smallest absolute Gasteiger partial charge is 0.269 e. The van der Waals surface area contributed by atoms with Crippen LogP contribution >= 0.6 is 11.6 Å². The van der Waals surface area contributed by atoms with E-state index in [-0.39, 0.29) is 11.6 Å². The molecular formula is C27H19ClN4O5. The van der Waals surface area contributed by atoms with Gasteiger partial charge in [-0.15, -0.1) is 0 Å². The van der Waals surface area contributed by atoms with Crippen LogP contribution in [0.1, 0.15) is 5.56 Å². The summed E-state index contributed by atoms with van der Waals surface area (Å²) in [7, 11) is 0. The molecule has 4 atom stereocenters. The summed E-state index contributed by atoms with van der Waals surface area (Å²) in [5.74, 6) is -3.00. The maximum Gasteiger partial charge on any atom is 0.269 e. The summed E-state index contributed by atoms with van der Waals surface area (Å²) in [5, 5.41) is 14.3. The van der Waals surface area contributed by atoms with E-state index in [4.69, 9.17) is 11.6 Å². The second-order valence-electron chi connectivity index (χ2n) is 9.09. The van der Waals surface area contributed by atoms with Crippen molar-refractivity contribution in [1.82, 2.24) is 0 Å². The highest BCUT2D eigenvalue weighted by molar-refractivity contribution is 6.31. The Labute approximate surface area is 216 Å². The van der Waals surface area contributed by atoms with E-state index in [2.05, 4.69) is 5.32 Å². The number of nitrogens with zero attached hydrogens (tertiary/aromatic N) is 3. The zero-order chi connectivity index (χ0) is 25.8. The van der Waals surface area contributed by atoms with Crippen molar-refractivity contribution in [2.45, 2.75) is 12.1 Å². The number of benzene rings is 3. The lowest BCUT2D eigenvalue weighted by Gasteiger charge is -2.36. The van der Waals surface area contributed by atoms with Gasteiger partial charge < -0.3 is 10.2 Å². The highest BCUT2D eigenvalue weighted by Gasteiger charge is 2.64. The van der Waals surface area contributed by atoms with Gasteiger partial charge in [-0.3, -0.25) is 24.5 Å². The third-order valence-electron chi connectivity index (χ3n) is 7.11. The first-order valence-corrected chi connectivity index (χ1v) is 12.0. The Bertz CT molecular complexity index is 1490. The number of amides is 3. The number of carbonyl (C=O) groups is 3. The van der Waals surface area contributed by atoms with Gasteiger partial charge in [-0.1, -0.05) is 42.0 Å². The number of para-hydroxylation sites is 1. The van der Waals surface area contributed by atoms with Crippen LogP contribution in [-0.2, 0) is 14.4 Å². The van der Waals surface area contributed by atoms with Crippen LogP contribution in [0.3, 0.4) is 0 Å². The van der Waals surface area contributed by atoms with E-state index in [1.54, 1.807) is 24.3 Å². The lowest BCUT2D eigenvalue weighted by atomic mass is 9.88. The van der Waals surface area contributed by atoms with Crippen LogP contribution in [0.2, 0.25) is 5.02 Å². The summed E-state index contributed by atoms with van der Waals surface area (Å²) in [6.07, 6.45) is 3.78. The second-order valence-corrected chi connectivity index (χ2v) is 9.53. The molecule has 184 valence electrons. The van der Waals surface area contributed by atoms with Gasteiger partial charge in [0.25, 0.3) is 5.69 Å². The number of carbonyl (C=O) groups excluding carboxylic acids is 3. The van der Waals surface area contributed by atoms with Crippen LogP contribution in [0.15, 0.2) is 78.9 Å². The van der Waals surface area contributed by atoms with Crippen molar-refractivity contribution in [2.75, 3.05) is 15.1 Å². The Morgan fingerprint density at radius 2 is 1.59 bits per heavy atom. The molecule has 1 N–H and O–H groups in total. The Morgan fingerprint density at radius 3 is 2.30 bits per heavy atom. The summed E-state index contributed by atoms with van der Waals surface area (Å²) in [5.41, 5.74) is 2.27. The predicted octanol–water partition coefficient (Wildman–Crippen LogP) is 4.28. The second kappa shape index (κ2) is 8.56. The summed E-state index contributed by atoms with van der Waals surface area (Å²) < 4.78 is 0. The van der Waals surface area contributed by atoms with Gasteiger partial charge in [0.05, 0.1) is 28.5 Å². The van der Waals surface area contributed by atoms with E-state index < -0.39 is 40.7 Å². The number of nitro benzene ring substituents is 1. The Hall–Kier alpha value is -4.50. The van der Waals surface area contributed by atoms with Crippen molar-refractivity contribution in [1.29, 1.82) is 0 Å². The fraction of sp³-hybridized carbons (Fsp3) is 0.148. The Kier molecular flexibility index (Phi) is 5.31. The Balaban J connectivity index is 1.40. The molecule has 0 bridgehead atoms. The van der Waals surface area contributed by atoms with Gasteiger partial charge in [0, 0.05) is 28.5 Å². The van der Waals surface area contributed by atoms with Gasteiger partial charge in [-0.2, -0.15) is 0 Å². The molecule has 2 saturated heterocycles. The van der Waals surface area contributed by atoms with E-state index in [1.165, 1.54) is 24.3 Å². The zero-order valence-electron chi connectivity index (χ0n) is 19.2. The van der Waals surface area contributed by atoms with Crippen molar-refractivity contribution in [3.05, 3.63) is 99.6 Å². The number of rotatable bonds is 4. The average molecular weight is 515 g/mol. The maximum absolute atomic E-state index is 13.8. The van der Waals surface area contributed by atoms with Gasteiger partial charge in [0.2, 0.25) is 17.7 Å². The molecule has 0 aromatic heterocycles. The van der Waals surface area contributed by atoms with Crippen LogP contribution in [0.4, 0.5) is 22.7 Å². The molecule has 0 aliphatic carbocycles. The van der Waals surface area contributed by atoms with Crippen LogP contribution < -0.4 is 15.1 Å². The minimum Gasteiger partial charge on any atom is -0.351 e. The number of hydrogen-bond donors (Lipinski definition) is 1. The maximum atomic E-state index is 13.8. The molecule has 9 nitrogen and oxygen atoms in total. The molecule has 2 fully saturated rings. The van der Waals surface area contributed by atoms with Crippen LogP contribution in [-0.4, -0.2) is 34.7 Å². The van der Waals surface area contributed by atoms with Crippen LogP contribution in [0, 0.1) is 22.0 Å². The third kappa shape index (κ3) is 3.58. The van der Waals surface area contributed by atoms with E-state index >= 15 is 0 Å². The number of fused-ring (bicyclic) bond motifs is 5. The first kappa shape index (κ1) is 22.9. The highest BCUT2D eigenvalue weighted by Crippen LogP contribution is 2.49. The molecule has 3 aromatic rings. The zero-order valence-corrected chi connectivity index (χ0v) is 19.9. The summed E-state index contributed by atoms with van der Waals surface area (Å²) >= 11 is 6.00. The number of nitrogens with one attached hydrogen (secondary N) is 1. The highest BCUT2D eigenvalue weighted by atomic mass is 35.5. The van der Waals surface area contributed by atoms with Crippen molar-refractivity contribution in [3.8, 4) is 0 Å². The molecule has 3 aliphatic heterocycles. The molecule has 0 spiro atoms. The molecule has 3 aliphatic rings. The number of non-ortho nitro benzene ring substituents is 1. The molecule has 10 heteroatoms. The third-order valence-corrected chi connectivity index (χ3v) is 7.37. The number of halogens is 1. The quantitative estimate of drug-likeness (QED) is 0.316. The summed E-state index contributed by atoms with van der Waals surface area (Å²) in [4.78, 5) is 54.7. The molecule has 3 amide bonds. The first-order valence-electron chi connectivity index (χ1n) is 11.6. The fourth-order valence-electron chi connectivity index (χ4n) is 5.54.